The Hall–Kier alpha value is -0.860. The predicted octanol–water partition coefficient (Wildman–Crippen LogP) is 2.46. The van der Waals surface area contributed by atoms with Crippen LogP contribution in [0, 0.1) is 22.0 Å². The first-order valence-electron chi connectivity index (χ1n) is 3.81. The third-order valence-corrected chi connectivity index (χ3v) is 1.31. The average Bonchev–Trinajstić information content (AvgIpc) is 1.81. The minimum atomic E-state index is -0.301. The number of hydrogen-bond acceptors (Lipinski definition) is 2. The van der Waals surface area contributed by atoms with E-state index in [2.05, 4.69) is 0 Å². The molecule has 64 valence electrons. The third-order valence-electron chi connectivity index (χ3n) is 1.31. The zero-order valence-corrected chi connectivity index (χ0v) is 7.50. The van der Waals surface area contributed by atoms with E-state index in [1.165, 1.54) is 0 Å². The Bertz CT molecular complexity index is 171. The van der Waals surface area contributed by atoms with Gasteiger partial charge in [0.1, 0.15) is 0 Å². The fraction of sp³-hybridized carbons (Fsp3) is 0.750. The van der Waals surface area contributed by atoms with Crippen LogP contribution in [-0.2, 0) is 0 Å². The lowest BCUT2D eigenvalue weighted by atomic mass is 10.1. The van der Waals surface area contributed by atoms with Crippen molar-refractivity contribution in [2.24, 2.45) is 11.8 Å². The third kappa shape index (κ3) is 3.75. The van der Waals surface area contributed by atoms with Crippen molar-refractivity contribution in [2.75, 3.05) is 0 Å². The van der Waals surface area contributed by atoms with Crippen LogP contribution < -0.4 is 0 Å². The lowest BCUT2D eigenvalue weighted by Crippen LogP contribution is -2.06. The van der Waals surface area contributed by atoms with Gasteiger partial charge in [0.25, 0.3) is 0 Å². The Balaban J connectivity index is 4.47. The molecule has 0 atom stereocenters. The van der Waals surface area contributed by atoms with Gasteiger partial charge in [0, 0.05) is 5.92 Å². The van der Waals surface area contributed by atoms with Gasteiger partial charge in [0.2, 0.25) is 5.70 Å². The van der Waals surface area contributed by atoms with E-state index >= 15 is 0 Å². The van der Waals surface area contributed by atoms with Crippen molar-refractivity contribution >= 4 is 0 Å². The van der Waals surface area contributed by atoms with E-state index in [9.17, 15) is 10.1 Å². The van der Waals surface area contributed by atoms with E-state index in [-0.39, 0.29) is 16.8 Å². The molecule has 0 aromatic rings. The van der Waals surface area contributed by atoms with Crippen molar-refractivity contribution in [1.29, 1.82) is 0 Å². The maximum Gasteiger partial charge on any atom is 0.245 e. The highest BCUT2D eigenvalue weighted by Gasteiger charge is 2.15. The van der Waals surface area contributed by atoms with Crippen molar-refractivity contribution < 1.29 is 4.92 Å². The van der Waals surface area contributed by atoms with Crippen LogP contribution in [0.5, 0.6) is 0 Å². The van der Waals surface area contributed by atoms with Crippen molar-refractivity contribution in [3.8, 4) is 0 Å². The van der Waals surface area contributed by atoms with E-state index in [0.29, 0.717) is 5.70 Å². The lowest BCUT2D eigenvalue weighted by Gasteiger charge is -2.02. The summed E-state index contributed by atoms with van der Waals surface area (Å²) in [6, 6.07) is 0. The molecule has 0 bridgehead atoms. The molecular formula is C8H15NO2. The molecule has 0 saturated heterocycles. The molecule has 3 heteroatoms. The Morgan fingerprint density at radius 1 is 1.36 bits per heavy atom. The molecule has 0 aliphatic rings. The second-order valence-electron chi connectivity index (χ2n) is 3.25. The molecule has 0 radical (unpaired) electrons. The highest BCUT2D eigenvalue weighted by Crippen LogP contribution is 2.12. The highest BCUT2D eigenvalue weighted by atomic mass is 16.6. The Labute approximate surface area is 67.3 Å². The topological polar surface area (TPSA) is 43.1 Å². The lowest BCUT2D eigenvalue weighted by molar-refractivity contribution is -0.433. The van der Waals surface area contributed by atoms with Gasteiger partial charge in [-0.25, -0.2) is 0 Å². The molecule has 11 heavy (non-hydrogen) atoms. The molecule has 0 heterocycles. The Morgan fingerprint density at radius 3 is 1.91 bits per heavy atom. The summed E-state index contributed by atoms with van der Waals surface area (Å²) in [7, 11) is 0. The number of hydrogen-bond donors (Lipinski definition) is 0. The van der Waals surface area contributed by atoms with Crippen molar-refractivity contribution in [3.63, 3.8) is 0 Å². The van der Waals surface area contributed by atoms with Gasteiger partial charge in [-0.2, -0.15) is 0 Å². The van der Waals surface area contributed by atoms with Gasteiger partial charge in [-0.1, -0.05) is 27.7 Å². The van der Waals surface area contributed by atoms with Crippen LogP contribution in [0.4, 0.5) is 0 Å². The summed E-state index contributed by atoms with van der Waals surface area (Å²) < 4.78 is 0. The van der Waals surface area contributed by atoms with Crippen molar-refractivity contribution in [3.05, 3.63) is 21.9 Å². The SMILES string of the molecule is CC(C)/C=C(/C(C)C)[N+](=O)[O-]. The van der Waals surface area contributed by atoms with E-state index in [1.807, 2.05) is 27.7 Å². The van der Waals surface area contributed by atoms with E-state index in [0.717, 1.165) is 0 Å². The quantitative estimate of drug-likeness (QED) is 0.466. The molecule has 0 unspecified atom stereocenters. The van der Waals surface area contributed by atoms with Crippen LogP contribution in [0.25, 0.3) is 0 Å². The second-order valence-corrected chi connectivity index (χ2v) is 3.25. The molecule has 0 saturated carbocycles. The largest absolute Gasteiger partial charge is 0.259 e. The molecule has 0 N–H and O–H groups in total. The smallest absolute Gasteiger partial charge is 0.245 e. The maximum absolute atomic E-state index is 10.4. The van der Waals surface area contributed by atoms with Gasteiger partial charge >= 0.3 is 0 Å². The van der Waals surface area contributed by atoms with Gasteiger partial charge in [0.15, 0.2) is 0 Å². The first kappa shape index (κ1) is 10.1. The molecule has 3 nitrogen and oxygen atoms in total. The second kappa shape index (κ2) is 4.11. The number of nitrogens with zero attached hydrogens (tertiary/aromatic N) is 1. The zero-order valence-electron chi connectivity index (χ0n) is 7.50. The van der Waals surface area contributed by atoms with Crippen LogP contribution >= 0.6 is 0 Å². The molecule has 0 aliphatic carbocycles. The summed E-state index contributed by atoms with van der Waals surface area (Å²) in [5, 5.41) is 10.4. The van der Waals surface area contributed by atoms with E-state index in [4.69, 9.17) is 0 Å². The molecule has 0 rings (SSSR count). The molecule has 0 aromatic heterocycles. The summed E-state index contributed by atoms with van der Waals surface area (Å²) in [5.41, 5.74) is 0.319. The van der Waals surface area contributed by atoms with E-state index in [1.54, 1.807) is 6.08 Å². The molecular weight excluding hydrogens is 142 g/mol. The minimum absolute atomic E-state index is 0.00685. The zero-order chi connectivity index (χ0) is 9.02. The maximum atomic E-state index is 10.4. The fourth-order valence-electron chi connectivity index (χ4n) is 0.806. The molecule has 0 amide bonds. The van der Waals surface area contributed by atoms with Gasteiger partial charge in [-0.05, 0) is 12.0 Å². The van der Waals surface area contributed by atoms with Crippen LogP contribution in [0.1, 0.15) is 27.7 Å². The van der Waals surface area contributed by atoms with Crippen LogP contribution in [0.15, 0.2) is 11.8 Å². The molecule has 0 aromatic carbocycles. The first-order valence-corrected chi connectivity index (χ1v) is 3.81. The molecule has 0 spiro atoms. The van der Waals surface area contributed by atoms with Gasteiger partial charge in [-0.3, -0.25) is 10.1 Å². The fourth-order valence-corrected chi connectivity index (χ4v) is 0.806. The van der Waals surface area contributed by atoms with Crippen molar-refractivity contribution in [1.82, 2.24) is 0 Å². The van der Waals surface area contributed by atoms with Crippen molar-refractivity contribution in [2.45, 2.75) is 27.7 Å². The average molecular weight is 157 g/mol. The van der Waals surface area contributed by atoms with Gasteiger partial charge in [-0.15, -0.1) is 0 Å². The summed E-state index contributed by atoms with van der Waals surface area (Å²) in [6.07, 6.45) is 1.70. The Kier molecular flexibility index (Phi) is 3.79. The number of nitro groups is 1. The predicted molar refractivity (Wildman–Crippen MR) is 44.8 cm³/mol. The van der Waals surface area contributed by atoms with Gasteiger partial charge in [0.05, 0.1) is 4.92 Å². The minimum Gasteiger partial charge on any atom is -0.259 e. The van der Waals surface area contributed by atoms with Crippen LogP contribution in [0.2, 0.25) is 0 Å². The molecule has 0 aliphatic heterocycles. The van der Waals surface area contributed by atoms with Crippen LogP contribution in [-0.4, -0.2) is 4.92 Å². The highest BCUT2D eigenvalue weighted by molar-refractivity contribution is 4.96. The van der Waals surface area contributed by atoms with E-state index < -0.39 is 0 Å². The normalized spacial score (nSPS) is 12.7. The van der Waals surface area contributed by atoms with Crippen LogP contribution in [0.3, 0.4) is 0 Å². The summed E-state index contributed by atoms with van der Waals surface area (Å²) >= 11 is 0. The summed E-state index contributed by atoms with van der Waals surface area (Å²) in [4.78, 5) is 10.1. The molecule has 0 fully saturated rings. The standard InChI is InChI=1S/C8H15NO2/c1-6(2)5-8(7(3)4)9(10)11/h5-7H,1-4H3/b8-5-. The number of rotatable bonds is 3. The first-order chi connectivity index (χ1) is 4.95. The summed E-state index contributed by atoms with van der Waals surface area (Å²) in [5.74, 6) is 0.255. The van der Waals surface area contributed by atoms with Gasteiger partial charge < -0.3 is 0 Å². The summed E-state index contributed by atoms with van der Waals surface area (Å²) in [6.45, 7) is 7.53. The Morgan fingerprint density at radius 2 is 1.82 bits per heavy atom. The monoisotopic (exact) mass is 157 g/mol. The number of allylic oxidation sites excluding steroid dienone is 2.